The van der Waals surface area contributed by atoms with Crippen molar-refractivity contribution in [2.45, 2.75) is 31.7 Å². The Kier molecular flexibility index (Phi) is 2.26. The third-order valence-corrected chi connectivity index (χ3v) is 3.74. The Morgan fingerprint density at radius 1 is 1.23 bits per heavy atom. The minimum absolute atomic E-state index is 0.108. The molecule has 0 aromatic heterocycles. The van der Waals surface area contributed by atoms with Crippen molar-refractivity contribution >= 4 is 5.97 Å². The molecule has 4 atom stereocenters. The second-order valence-corrected chi connectivity index (χ2v) is 4.20. The van der Waals surface area contributed by atoms with Gasteiger partial charge < -0.3 is 5.11 Å². The molecule has 0 bridgehead atoms. The van der Waals surface area contributed by atoms with E-state index in [4.69, 9.17) is 10.9 Å². The molecule has 0 aliphatic heterocycles. The van der Waals surface area contributed by atoms with Gasteiger partial charge >= 0.3 is 5.97 Å². The first kappa shape index (κ1) is 8.97. The standard InChI is InChI=1S/C9H16N2O2/c10-11-8-4-3-7(9(12)13)5-1-2-6(5)8/h5-8,11H,1-4,10H2,(H,12,13). The summed E-state index contributed by atoms with van der Waals surface area (Å²) in [5.41, 5.74) is 2.80. The van der Waals surface area contributed by atoms with E-state index in [1.54, 1.807) is 0 Å². The molecule has 2 rings (SSSR count). The van der Waals surface area contributed by atoms with Gasteiger partial charge in [-0.3, -0.25) is 16.1 Å². The second-order valence-electron chi connectivity index (χ2n) is 4.20. The summed E-state index contributed by atoms with van der Waals surface area (Å²) >= 11 is 0. The van der Waals surface area contributed by atoms with Crippen molar-refractivity contribution in [1.82, 2.24) is 5.43 Å². The predicted molar refractivity (Wildman–Crippen MR) is 47.7 cm³/mol. The highest BCUT2D eigenvalue weighted by Gasteiger charge is 2.47. The fourth-order valence-electron chi connectivity index (χ4n) is 2.85. The number of fused-ring (bicyclic) bond motifs is 1. The van der Waals surface area contributed by atoms with E-state index < -0.39 is 5.97 Å². The van der Waals surface area contributed by atoms with Crippen molar-refractivity contribution in [3.8, 4) is 0 Å². The van der Waals surface area contributed by atoms with Gasteiger partial charge in [0.15, 0.2) is 0 Å². The largest absolute Gasteiger partial charge is 0.481 e. The van der Waals surface area contributed by atoms with Crippen LogP contribution in [-0.4, -0.2) is 17.1 Å². The van der Waals surface area contributed by atoms with Crippen LogP contribution in [-0.2, 0) is 4.79 Å². The number of nitrogens with two attached hydrogens (primary N) is 1. The van der Waals surface area contributed by atoms with Gasteiger partial charge in [-0.15, -0.1) is 0 Å². The fraction of sp³-hybridized carbons (Fsp3) is 0.889. The van der Waals surface area contributed by atoms with Crippen LogP contribution in [0.1, 0.15) is 25.7 Å². The van der Waals surface area contributed by atoms with Crippen LogP contribution in [0.2, 0.25) is 0 Å². The molecule has 4 unspecified atom stereocenters. The molecule has 0 heterocycles. The summed E-state index contributed by atoms with van der Waals surface area (Å²) in [5, 5.41) is 8.97. The van der Waals surface area contributed by atoms with Crippen LogP contribution in [0.4, 0.5) is 0 Å². The van der Waals surface area contributed by atoms with Crippen LogP contribution < -0.4 is 11.3 Å². The van der Waals surface area contributed by atoms with Gasteiger partial charge in [-0.05, 0) is 37.5 Å². The highest BCUT2D eigenvalue weighted by atomic mass is 16.4. The number of hydrazine groups is 1. The van der Waals surface area contributed by atoms with Crippen LogP contribution in [0.5, 0.6) is 0 Å². The van der Waals surface area contributed by atoms with E-state index in [0.29, 0.717) is 17.9 Å². The third kappa shape index (κ3) is 1.34. The van der Waals surface area contributed by atoms with Crippen LogP contribution >= 0.6 is 0 Å². The lowest BCUT2D eigenvalue weighted by atomic mass is 9.58. The molecule has 0 spiro atoms. The summed E-state index contributed by atoms with van der Waals surface area (Å²) in [4.78, 5) is 10.9. The Hall–Kier alpha value is -0.610. The van der Waals surface area contributed by atoms with Gasteiger partial charge in [-0.2, -0.15) is 0 Å². The maximum atomic E-state index is 10.9. The lowest BCUT2D eigenvalue weighted by Crippen LogP contribution is -2.54. The summed E-state index contributed by atoms with van der Waals surface area (Å²) in [6.07, 6.45) is 3.91. The molecular weight excluding hydrogens is 168 g/mol. The number of carboxylic acid groups (broad SMARTS) is 1. The molecule has 2 fully saturated rings. The van der Waals surface area contributed by atoms with Crippen molar-refractivity contribution in [2.24, 2.45) is 23.6 Å². The topological polar surface area (TPSA) is 75.3 Å². The second kappa shape index (κ2) is 3.27. The van der Waals surface area contributed by atoms with Crippen molar-refractivity contribution in [1.29, 1.82) is 0 Å². The normalized spacial score (nSPS) is 43.5. The summed E-state index contributed by atoms with van der Waals surface area (Å²) in [6.45, 7) is 0. The molecule has 13 heavy (non-hydrogen) atoms. The monoisotopic (exact) mass is 184 g/mol. The van der Waals surface area contributed by atoms with Gasteiger partial charge in [0.1, 0.15) is 0 Å². The molecule has 4 N–H and O–H groups in total. The summed E-state index contributed by atoms with van der Waals surface area (Å²) < 4.78 is 0. The van der Waals surface area contributed by atoms with E-state index in [9.17, 15) is 4.79 Å². The number of hydrogen-bond acceptors (Lipinski definition) is 3. The Labute approximate surface area is 77.5 Å². The summed E-state index contributed by atoms with van der Waals surface area (Å²) in [5.74, 6) is 5.58. The first-order valence-electron chi connectivity index (χ1n) is 4.93. The van der Waals surface area contributed by atoms with Crippen molar-refractivity contribution in [2.75, 3.05) is 0 Å². The minimum atomic E-state index is -0.620. The number of nitrogens with one attached hydrogen (secondary N) is 1. The molecule has 2 saturated carbocycles. The molecule has 0 aromatic carbocycles. The van der Waals surface area contributed by atoms with Gasteiger partial charge in [-0.1, -0.05) is 0 Å². The van der Waals surface area contributed by atoms with Crippen LogP contribution in [0.25, 0.3) is 0 Å². The van der Waals surface area contributed by atoms with Crippen LogP contribution in [0.3, 0.4) is 0 Å². The zero-order chi connectivity index (χ0) is 9.42. The smallest absolute Gasteiger partial charge is 0.306 e. The van der Waals surface area contributed by atoms with E-state index in [-0.39, 0.29) is 5.92 Å². The lowest BCUT2D eigenvalue weighted by Gasteiger charge is -2.48. The molecule has 4 nitrogen and oxygen atoms in total. The molecule has 4 heteroatoms. The van der Waals surface area contributed by atoms with Crippen LogP contribution in [0.15, 0.2) is 0 Å². The number of carbonyl (C=O) groups is 1. The summed E-state index contributed by atoms with van der Waals surface area (Å²) in [6, 6.07) is 0.356. The Balaban J connectivity index is 2.03. The Morgan fingerprint density at radius 2 is 1.92 bits per heavy atom. The minimum Gasteiger partial charge on any atom is -0.481 e. The Morgan fingerprint density at radius 3 is 2.38 bits per heavy atom. The average Bonchev–Trinajstić information content (AvgIpc) is 2.05. The van der Waals surface area contributed by atoms with Crippen molar-refractivity contribution in [3.63, 3.8) is 0 Å². The Bertz CT molecular complexity index is 220. The van der Waals surface area contributed by atoms with Crippen molar-refractivity contribution in [3.05, 3.63) is 0 Å². The molecule has 74 valence electrons. The van der Waals surface area contributed by atoms with Crippen molar-refractivity contribution < 1.29 is 9.90 Å². The van der Waals surface area contributed by atoms with E-state index in [1.807, 2.05) is 0 Å². The molecule has 0 amide bonds. The first-order valence-corrected chi connectivity index (χ1v) is 4.93. The first-order chi connectivity index (χ1) is 6.24. The van der Waals surface area contributed by atoms with E-state index >= 15 is 0 Å². The third-order valence-electron chi connectivity index (χ3n) is 3.74. The fourth-order valence-corrected chi connectivity index (χ4v) is 2.85. The zero-order valence-electron chi connectivity index (χ0n) is 7.57. The number of carboxylic acids is 1. The quantitative estimate of drug-likeness (QED) is 0.427. The number of hydrogen-bond donors (Lipinski definition) is 3. The van der Waals surface area contributed by atoms with Gasteiger partial charge in [-0.25, -0.2) is 0 Å². The lowest BCUT2D eigenvalue weighted by molar-refractivity contribution is -0.149. The predicted octanol–water partition coefficient (Wildman–Crippen LogP) is 0.339. The SMILES string of the molecule is NNC1CCC(C(=O)O)C2CCC12. The average molecular weight is 184 g/mol. The van der Waals surface area contributed by atoms with Gasteiger partial charge in [0.25, 0.3) is 0 Å². The highest BCUT2D eigenvalue weighted by Crippen LogP contribution is 2.48. The maximum absolute atomic E-state index is 10.9. The molecule has 0 radical (unpaired) electrons. The molecular formula is C9H16N2O2. The zero-order valence-corrected chi connectivity index (χ0v) is 7.57. The van der Waals surface area contributed by atoms with Gasteiger partial charge in [0.05, 0.1) is 5.92 Å². The number of rotatable bonds is 2. The molecule has 0 saturated heterocycles. The van der Waals surface area contributed by atoms with E-state index in [2.05, 4.69) is 5.43 Å². The van der Waals surface area contributed by atoms with E-state index in [1.165, 1.54) is 0 Å². The van der Waals surface area contributed by atoms with Gasteiger partial charge in [0.2, 0.25) is 0 Å². The molecule has 2 aliphatic carbocycles. The van der Waals surface area contributed by atoms with Gasteiger partial charge in [0, 0.05) is 6.04 Å². The highest BCUT2D eigenvalue weighted by molar-refractivity contribution is 5.70. The van der Waals surface area contributed by atoms with Crippen LogP contribution in [0, 0.1) is 17.8 Å². The summed E-state index contributed by atoms with van der Waals surface area (Å²) in [7, 11) is 0. The molecule has 2 aliphatic rings. The number of aliphatic carboxylic acids is 1. The maximum Gasteiger partial charge on any atom is 0.306 e. The molecule has 0 aromatic rings. The van der Waals surface area contributed by atoms with E-state index in [0.717, 1.165) is 25.7 Å².